The minimum atomic E-state index is -0.570. The van der Waals surface area contributed by atoms with Crippen molar-refractivity contribution in [3.63, 3.8) is 0 Å². The lowest BCUT2D eigenvalue weighted by Gasteiger charge is -2.32. The van der Waals surface area contributed by atoms with Crippen molar-refractivity contribution in [3.8, 4) is 0 Å². The molecule has 0 saturated carbocycles. The molecule has 2 amide bonds. The van der Waals surface area contributed by atoms with Crippen LogP contribution in [0.15, 0.2) is 18.2 Å². The smallest absolute Gasteiger partial charge is 0.321 e. The minimum absolute atomic E-state index is 0.0478. The zero-order valence-electron chi connectivity index (χ0n) is 13.3. The molecule has 7 nitrogen and oxygen atoms in total. The fourth-order valence-corrected chi connectivity index (χ4v) is 3.03. The Labute approximate surface area is 140 Å². The highest BCUT2D eigenvalue weighted by atomic mass is 35.5. The van der Waals surface area contributed by atoms with Gasteiger partial charge in [0.05, 0.1) is 4.92 Å². The Balaban J connectivity index is 1.95. The maximum atomic E-state index is 12.2. The summed E-state index contributed by atoms with van der Waals surface area (Å²) < 4.78 is 0. The van der Waals surface area contributed by atoms with E-state index in [1.54, 1.807) is 18.0 Å². The number of nitro benzene ring substituents is 1. The van der Waals surface area contributed by atoms with Gasteiger partial charge in [-0.25, -0.2) is 4.79 Å². The molecular weight excluding hydrogens is 320 g/mol. The van der Waals surface area contributed by atoms with Crippen LogP contribution in [-0.2, 0) is 0 Å². The lowest BCUT2D eigenvalue weighted by molar-refractivity contribution is -0.384. The highest BCUT2D eigenvalue weighted by molar-refractivity contribution is 6.32. The van der Waals surface area contributed by atoms with Crippen molar-refractivity contribution in [1.29, 1.82) is 0 Å². The van der Waals surface area contributed by atoms with E-state index < -0.39 is 4.92 Å². The first-order valence-electron chi connectivity index (χ1n) is 7.51. The van der Waals surface area contributed by atoms with Crippen LogP contribution in [0.25, 0.3) is 0 Å². The average molecular weight is 341 g/mol. The van der Waals surface area contributed by atoms with Gasteiger partial charge in [0.1, 0.15) is 5.02 Å². The van der Waals surface area contributed by atoms with Gasteiger partial charge >= 0.3 is 6.03 Å². The molecule has 1 unspecified atom stereocenters. The van der Waals surface area contributed by atoms with E-state index in [1.165, 1.54) is 12.1 Å². The summed E-state index contributed by atoms with van der Waals surface area (Å²) in [6, 6.07) is 3.94. The number of rotatable bonds is 4. The van der Waals surface area contributed by atoms with E-state index in [-0.39, 0.29) is 16.7 Å². The standard InChI is InChI=1S/C15H21ClN4O3/c1-18-7-3-4-11(9-18)10-19(2)15(21)17-12-5-6-13(16)14(8-12)20(22)23/h5-6,8,11H,3-4,7,9-10H2,1-2H3,(H,17,21). The average Bonchev–Trinajstić information content (AvgIpc) is 2.48. The molecule has 0 spiro atoms. The van der Waals surface area contributed by atoms with Crippen LogP contribution in [0, 0.1) is 16.0 Å². The molecule has 1 N–H and O–H groups in total. The van der Waals surface area contributed by atoms with E-state index in [9.17, 15) is 14.9 Å². The summed E-state index contributed by atoms with van der Waals surface area (Å²) in [5.41, 5.74) is 0.139. The number of piperidine rings is 1. The second-order valence-corrected chi connectivity index (χ2v) is 6.41. The van der Waals surface area contributed by atoms with Crippen LogP contribution >= 0.6 is 11.6 Å². The quantitative estimate of drug-likeness (QED) is 0.675. The van der Waals surface area contributed by atoms with Gasteiger partial charge in [0, 0.05) is 31.9 Å². The molecule has 1 aliphatic heterocycles. The molecule has 126 valence electrons. The first-order valence-corrected chi connectivity index (χ1v) is 7.89. The molecule has 1 aliphatic rings. The third kappa shape index (κ3) is 4.80. The number of hydrogen-bond acceptors (Lipinski definition) is 4. The molecule has 1 heterocycles. The summed E-state index contributed by atoms with van der Waals surface area (Å²) in [6.45, 7) is 2.73. The number of anilines is 1. The maximum Gasteiger partial charge on any atom is 0.321 e. The van der Waals surface area contributed by atoms with E-state index >= 15 is 0 Å². The van der Waals surface area contributed by atoms with Crippen LogP contribution in [0.4, 0.5) is 16.2 Å². The van der Waals surface area contributed by atoms with E-state index in [4.69, 9.17) is 11.6 Å². The molecule has 23 heavy (non-hydrogen) atoms. The van der Waals surface area contributed by atoms with Crippen molar-refractivity contribution in [2.45, 2.75) is 12.8 Å². The normalized spacial score (nSPS) is 18.5. The molecule has 0 radical (unpaired) electrons. The first-order chi connectivity index (χ1) is 10.9. The molecule has 0 aliphatic carbocycles. The predicted molar refractivity (Wildman–Crippen MR) is 90.0 cm³/mol. The summed E-state index contributed by atoms with van der Waals surface area (Å²) in [7, 11) is 3.81. The number of amides is 2. The molecule has 8 heteroatoms. The van der Waals surface area contributed by atoms with Gasteiger partial charge in [0.2, 0.25) is 0 Å². The van der Waals surface area contributed by atoms with Crippen molar-refractivity contribution in [2.75, 3.05) is 39.0 Å². The third-order valence-electron chi connectivity index (χ3n) is 3.99. The summed E-state index contributed by atoms with van der Waals surface area (Å²) in [5, 5.41) is 13.6. The molecule has 1 aromatic rings. The van der Waals surface area contributed by atoms with E-state index in [0.29, 0.717) is 18.2 Å². The zero-order chi connectivity index (χ0) is 17.0. The molecule has 0 aromatic heterocycles. The number of carbonyl (C=O) groups is 1. The second kappa shape index (κ2) is 7.61. The maximum absolute atomic E-state index is 12.2. The molecule has 1 fully saturated rings. The largest absolute Gasteiger partial charge is 0.327 e. The Kier molecular flexibility index (Phi) is 5.79. The van der Waals surface area contributed by atoms with Crippen molar-refractivity contribution < 1.29 is 9.72 Å². The first kappa shape index (κ1) is 17.5. The van der Waals surface area contributed by atoms with Gasteiger partial charge in [-0.2, -0.15) is 0 Å². The number of nitrogens with one attached hydrogen (secondary N) is 1. The Morgan fingerprint density at radius 1 is 1.57 bits per heavy atom. The number of urea groups is 1. The van der Waals surface area contributed by atoms with Crippen LogP contribution in [0.5, 0.6) is 0 Å². The number of halogens is 1. The van der Waals surface area contributed by atoms with Crippen molar-refractivity contribution in [1.82, 2.24) is 9.80 Å². The van der Waals surface area contributed by atoms with E-state index in [0.717, 1.165) is 25.9 Å². The van der Waals surface area contributed by atoms with Gasteiger partial charge in [0.15, 0.2) is 0 Å². The zero-order valence-corrected chi connectivity index (χ0v) is 14.0. The highest BCUT2D eigenvalue weighted by Gasteiger charge is 2.21. The minimum Gasteiger partial charge on any atom is -0.327 e. The van der Waals surface area contributed by atoms with Crippen LogP contribution in [0.1, 0.15) is 12.8 Å². The number of nitro groups is 1. The fourth-order valence-electron chi connectivity index (χ4n) is 2.84. The van der Waals surface area contributed by atoms with Gasteiger partial charge in [-0.05, 0) is 44.5 Å². The lowest BCUT2D eigenvalue weighted by atomic mass is 9.98. The van der Waals surface area contributed by atoms with Crippen molar-refractivity contribution >= 4 is 29.0 Å². The molecule has 2 rings (SSSR count). The Morgan fingerprint density at radius 2 is 2.30 bits per heavy atom. The van der Waals surface area contributed by atoms with Gasteiger partial charge < -0.3 is 15.1 Å². The molecular formula is C15H21ClN4O3. The third-order valence-corrected chi connectivity index (χ3v) is 4.31. The monoisotopic (exact) mass is 340 g/mol. The Morgan fingerprint density at radius 3 is 2.96 bits per heavy atom. The number of benzene rings is 1. The van der Waals surface area contributed by atoms with E-state index in [2.05, 4.69) is 17.3 Å². The van der Waals surface area contributed by atoms with E-state index in [1.807, 2.05) is 0 Å². The number of hydrogen-bond donors (Lipinski definition) is 1. The van der Waals surface area contributed by atoms with Crippen molar-refractivity contribution in [2.24, 2.45) is 5.92 Å². The van der Waals surface area contributed by atoms with Crippen LogP contribution in [0.2, 0.25) is 5.02 Å². The number of nitrogens with zero attached hydrogens (tertiary/aromatic N) is 3. The summed E-state index contributed by atoms with van der Waals surface area (Å²) >= 11 is 5.76. The topological polar surface area (TPSA) is 78.7 Å². The summed E-state index contributed by atoms with van der Waals surface area (Å²) in [4.78, 5) is 26.4. The molecule has 1 saturated heterocycles. The van der Waals surface area contributed by atoms with Gasteiger partial charge in [-0.15, -0.1) is 0 Å². The second-order valence-electron chi connectivity index (χ2n) is 6.00. The molecule has 0 bridgehead atoms. The summed E-state index contributed by atoms with van der Waals surface area (Å²) in [6.07, 6.45) is 2.24. The highest BCUT2D eigenvalue weighted by Crippen LogP contribution is 2.27. The number of likely N-dealkylation sites (tertiary alicyclic amines) is 1. The Hall–Kier alpha value is -1.86. The molecule has 1 aromatic carbocycles. The predicted octanol–water partition coefficient (Wildman–Crippen LogP) is 3.05. The number of carbonyl (C=O) groups excluding carboxylic acids is 1. The SMILES string of the molecule is CN1CCCC(CN(C)C(=O)Nc2ccc(Cl)c([N+](=O)[O-])c2)C1. The molecule has 1 atom stereocenters. The van der Waals surface area contributed by atoms with Crippen molar-refractivity contribution in [3.05, 3.63) is 33.3 Å². The van der Waals surface area contributed by atoms with Gasteiger partial charge in [-0.3, -0.25) is 10.1 Å². The van der Waals surface area contributed by atoms with Crippen LogP contribution < -0.4 is 5.32 Å². The Bertz CT molecular complexity index is 596. The van der Waals surface area contributed by atoms with Crippen LogP contribution in [-0.4, -0.2) is 54.5 Å². The fraction of sp³-hybridized carbons (Fsp3) is 0.533. The van der Waals surface area contributed by atoms with Gasteiger partial charge in [-0.1, -0.05) is 11.6 Å². The van der Waals surface area contributed by atoms with Gasteiger partial charge in [0.25, 0.3) is 5.69 Å². The lowest BCUT2D eigenvalue weighted by Crippen LogP contribution is -2.41. The summed E-state index contributed by atoms with van der Waals surface area (Å²) in [5.74, 6) is 0.448. The van der Waals surface area contributed by atoms with Crippen LogP contribution in [0.3, 0.4) is 0 Å².